The molecular weight excluding hydrogens is 346 g/mol. The van der Waals surface area contributed by atoms with E-state index in [1.54, 1.807) is 0 Å². The summed E-state index contributed by atoms with van der Waals surface area (Å²) in [5.41, 5.74) is 1.94. The van der Waals surface area contributed by atoms with E-state index in [0.717, 1.165) is 29.0 Å². The van der Waals surface area contributed by atoms with Crippen molar-refractivity contribution in [1.29, 1.82) is 0 Å². The Balaban J connectivity index is 1.52. The van der Waals surface area contributed by atoms with Crippen molar-refractivity contribution in [3.63, 3.8) is 0 Å². The summed E-state index contributed by atoms with van der Waals surface area (Å²) >= 11 is 1.48. The highest BCUT2D eigenvalue weighted by Crippen LogP contribution is 2.27. The average Bonchev–Trinajstić information content (AvgIpc) is 3.20. The van der Waals surface area contributed by atoms with Crippen LogP contribution in [0, 0.1) is 0 Å². The molecule has 0 spiro atoms. The van der Waals surface area contributed by atoms with E-state index in [4.69, 9.17) is 0 Å². The fourth-order valence-corrected chi connectivity index (χ4v) is 4.84. The van der Waals surface area contributed by atoms with Gasteiger partial charge in [0.15, 0.2) is 5.16 Å². The van der Waals surface area contributed by atoms with E-state index >= 15 is 0 Å². The van der Waals surface area contributed by atoms with Crippen LogP contribution < -0.4 is 0 Å². The number of thioether (sulfide) groups is 1. The molecule has 26 heavy (non-hydrogen) atoms. The van der Waals surface area contributed by atoms with Crippen molar-refractivity contribution in [2.24, 2.45) is 0 Å². The lowest BCUT2D eigenvalue weighted by Crippen LogP contribution is -2.46. The highest BCUT2D eigenvalue weighted by atomic mass is 32.2. The minimum Gasteiger partial charge on any atom is -0.337 e. The van der Waals surface area contributed by atoms with Gasteiger partial charge in [0.05, 0.1) is 16.8 Å². The number of amides is 1. The molecule has 0 atom stereocenters. The molecule has 6 nitrogen and oxygen atoms in total. The summed E-state index contributed by atoms with van der Waals surface area (Å²) in [4.78, 5) is 19.6. The fourth-order valence-electron chi connectivity index (χ4n) is 4.01. The second-order valence-corrected chi connectivity index (χ2v) is 8.18. The molecule has 0 radical (unpaired) electrons. The lowest BCUT2D eigenvalue weighted by molar-refractivity contribution is -0.133. The Labute approximate surface area is 157 Å². The minimum absolute atomic E-state index is 0.206. The topological polar surface area (TPSA) is 66.3 Å². The predicted octanol–water partition coefficient (Wildman–Crippen LogP) is 3.87. The number of fused-ring (bicyclic) bond motifs is 3. The van der Waals surface area contributed by atoms with E-state index in [0.29, 0.717) is 17.6 Å². The maximum atomic E-state index is 13.0. The van der Waals surface area contributed by atoms with Gasteiger partial charge in [-0.1, -0.05) is 43.2 Å². The first-order valence-corrected chi connectivity index (χ1v) is 10.4. The number of benzene rings is 1. The molecule has 138 valence electrons. The highest BCUT2D eigenvalue weighted by molar-refractivity contribution is 7.99. The Hall–Kier alpha value is -2.02. The van der Waals surface area contributed by atoms with Crippen molar-refractivity contribution >= 4 is 34.5 Å². The Morgan fingerprint density at radius 2 is 2.08 bits per heavy atom. The molecule has 3 aromatic rings. The second kappa shape index (κ2) is 7.31. The van der Waals surface area contributed by atoms with E-state index < -0.39 is 0 Å². The first-order chi connectivity index (χ1) is 12.6. The molecule has 1 aromatic carbocycles. The second-order valence-electron chi connectivity index (χ2n) is 7.24. The van der Waals surface area contributed by atoms with Crippen molar-refractivity contribution in [2.75, 3.05) is 5.75 Å². The van der Waals surface area contributed by atoms with E-state index in [1.165, 1.54) is 31.0 Å². The van der Waals surface area contributed by atoms with Crippen LogP contribution in [0.1, 0.15) is 46.0 Å². The number of hydrogen-bond donors (Lipinski definition) is 1. The molecule has 1 aliphatic rings. The van der Waals surface area contributed by atoms with Gasteiger partial charge in [0.1, 0.15) is 0 Å². The van der Waals surface area contributed by atoms with Crippen LogP contribution >= 0.6 is 11.8 Å². The molecule has 0 saturated heterocycles. The normalized spacial score (nSPS) is 16.0. The van der Waals surface area contributed by atoms with Gasteiger partial charge in [-0.15, -0.1) is 5.10 Å². The number of para-hydroxylation sites is 2. The van der Waals surface area contributed by atoms with Crippen molar-refractivity contribution in [1.82, 2.24) is 24.5 Å². The van der Waals surface area contributed by atoms with Crippen molar-refractivity contribution in [3.8, 4) is 0 Å². The largest absolute Gasteiger partial charge is 0.337 e. The summed E-state index contributed by atoms with van der Waals surface area (Å²) in [7, 11) is 0. The number of carbonyl (C=O) groups is 1. The molecule has 2 aromatic heterocycles. The summed E-state index contributed by atoms with van der Waals surface area (Å²) < 4.78 is 1.99. The van der Waals surface area contributed by atoms with Crippen LogP contribution in [0.5, 0.6) is 0 Å². The molecule has 2 heterocycles. The van der Waals surface area contributed by atoms with Crippen molar-refractivity contribution in [2.45, 2.75) is 63.2 Å². The fraction of sp³-hybridized carbons (Fsp3) is 0.526. The van der Waals surface area contributed by atoms with E-state index in [9.17, 15) is 4.79 Å². The molecule has 0 unspecified atom stereocenters. The van der Waals surface area contributed by atoms with Gasteiger partial charge in [-0.2, -0.15) is 0 Å². The third-order valence-corrected chi connectivity index (χ3v) is 6.06. The molecule has 1 N–H and O–H groups in total. The van der Waals surface area contributed by atoms with Gasteiger partial charge in [0, 0.05) is 12.1 Å². The van der Waals surface area contributed by atoms with Crippen LogP contribution in [0.4, 0.5) is 0 Å². The number of nitrogens with one attached hydrogen (secondary N) is 1. The Kier molecular flexibility index (Phi) is 4.89. The lowest BCUT2D eigenvalue weighted by Gasteiger charge is -2.37. The van der Waals surface area contributed by atoms with E-state index in [-0.39, 0.29) is 11.9 Å². The third-order valence-electron chi connectivity index (χ3n) is 5.14. The molecule has 4 rings (SSSR count). The SMILES string of the molecule is CC(C)N(C(=O)CSc1n[nH]c2nc3ccccc3n12)C1CCCCC1. The average molecular weight is 372 g/mol. The van der Waals surface area contributed by atoms with Crippen LogP contribution in [0.2, 0.25) is 0 Å². The molecule has 0 aliphatic heterocycles. The number of carbonyl (C=O) groups excluding carboxylic acids is 1. The number of imidazole rings is 1. The maximum absolute atomic E-state index is 13.0. The minimum atomic E-state index is 0.206. The van der Waals surface area contributed by atoms with Crippen molar-refractivity contribution < 1.29 is 4.79 Å². The monoisotopic (exact) mass is 371 g/mol. The number of aromatic nitrogens is 4. The number of hydrogen-bond acceptors (Lipinski definition) is 4. The number of rotatable bonds is 5. The molecule has 1 fully saturated rings. The van der Waals surface area contributed by atoms with Crippen molar-refractivity contribution in [3.05, 3.63) is 24.3 Å². The zero-order valence-corrected chi connectivity index (χ0v) is 16.1. The standard InChI is InChI=1S/C19H25N5OS/c1-13(2)23(14-8-4-3-5-9-14)17(25)12-26-19-22-21-18-20-15-10-6-7-11-16(15)24(18)19/h6-7,10-11,13-14H,3-5,8-9,12H2,1-2H3,(H,20,21). The zero-order valence-electron chi connectivity index (χ0n) is 15.3. The van der Waals surface area contributed by atoms with Crippen LogP contribution in [0.15, 0.2) is 29.4 Å². The zero-order chi connectivity index (χ0) is 18.1. The summed E-state index contributed by atoms with van der Waals surface area (Å²) in [6, 6.07) is 8.61. The molecule has 1 amide bonds. The molecule has 0 bridgehead atoms. The summed E-state index contributed by atoms with van der Waals surface area (Å²) in [5, 5.41) is 8.12. The van der Waals surface area contributed by atoms with Gasteiger partial charge in [0.2, 0.25) is 11.7 Å². The summed E-state index contributed by atoms with van der Waals surface area (Å²) in [5.74, 6) is 1.33. The van der Waals surface area contributed by atoms with Gasteiger partial charge < -0.3 is 4.90 Å². The van der Waals surface area contributed by atoms with Gasteiger partial charge in [-0.3, -0.25) is 9.20 Å². The lowest BCUT2D eigenvalue weighted by atomic mass is 9.93. The van der Waals surface area contributed by atoms with Gasteiger partial charge >= 0.3 is 0 Å². The van der Waals surface area contributed by atoms with Gasteiger partial charge in [-0.05, 0) is 38.8 Å². The van der Waals surface area contributed by atoms with E-state index in [2.05, 4.69) is 33.9 Å². The third kappa shape index (κ3) is 3.20. The van der Waals surface area contributed by atoms with Gasteiger partial charge in [-0.25, -0.2) is 10.1 Å². The van der Waals surface area contributed by atoms with Gasteiger partial charge in [0.25, 0.3) is 0 Å². The van der Waals surface area contributed by atoms with Crippen LogP contribution in [-0.2, 0) is 4.79 Å². The van der Waals surface area contributed by atoms with E-state index in [1.807, 2.05) is 28.7 Å². The molecular formula is C19H25N5OS. The Bertz CT molecular complexity index is 909. The smallest absolute Gasteiger partial charge is 0.233 e. The predicted molar refractivity (Wildman–Crippen MR) is 104 cm³/mol. The first-order valence-electron chi connectivity index (χ1n) is 9.40. The van der Waals surface area contributed by atoms with Crippen LogP contribution in [0.25, 0.3) is 16.8 Å². The number of nitrogens with zero attached hydrogens (tertiary/aromatic N) is 4. The molecule has 7 heteroatoms. The Morgan fingerprint density at radius 1 is 1.31 bits per heavy atom. The summed E-state index contributed by atoms with van der Waals surface area (Å²) in [6.45, 7) is 4.24. The number of H-pyrrole nitrogens is 1. The quantitative estimate of drug-likeness (QED) is 0.691. The molecule has 1 saturated carbocycles. The van der Waals surface area contributed by atoms with Crippen LogP contribution in [-0.4, -0.2) is 48.2 Å². The van der Waals surface area contributed by atoms with Crippen LogP contribution in [0.3, 0.4) is 0 Å². The highest BCUT2D eigenvalue weighted by Gasteiger charge is 2.27. The Morgan fingerprint density at radius 3 is 2.85 bits per heavy atom. The maximum Gasteiger partial charge on any atom is 0.233 e. The first kappa shape index (κ1) is 17.4. The number of aromatic amines is 1. The molecule has 1 aliphatic carbocycles. The summed E-state index contributed by atoms with van der Waals surface area (Å²) in [6.07, 6.45) is 6.02.